The number of carbonyl (C=O) groups excluding carboxylic acids is 1. The SMILES string of the molecule is CC(C)(C)c1cc(C(=O)Oc2cc(C3CCCCC3)c(S(=O)(=O)O)c(C3CCCCC3)c2)cc(C(C)(C)C)c1. The van der Waals surface area contributed by atoms with Crippen molar-refractivity contribution in [1.82, 2.24) is 0 Å². The zero-order valence-electron chi connectivity index (χ0n) is 24.6. The Hall–Kier alpha value is -2.18. The van der Waals surface area contributed by atoms with Crippen molar-refractivity contribution in [2.45, 2.75) is 133 Å². The summed E-state index contributed by atoms with van der Waals surface area (Å²) in [6, 6.07) is 9.41. The molecular formula is C33H46O5S. The van der Waals surface area contributed by atoms with E-state index >= 15 is 0 Å². The van der Waals surface area contributed by atoms with E-state index in [1.807, 2.05) is 12.1 Å². The fourth-order valence-corrected chi connectivity index (χ4v) is 7.26. The predicted molar refractivity (Wildman–Crippen MR) is 157 cm³/mol. The van der Waals surface area contributed by atoms with Gasteiger partial charge in [0.15, 0.2) is 0 Å². The molecule has 2 aromatic rings. The lowest BCUT2D eigenvalue weighted by molar-refractivity contribution is 0.0734. The number of esters is 1. The van der Waals surface area contributed by atoms with E-state index in [0.717, 1.165) is 75.3 Å². The van der Waals surface area contributed by atoms with E-state index in [1.165, 1.54) is 0 Å². The van der Waals surface area contributed by atoms with Crippen LogP contribution in [0.2, 0.25) is 0 Å². The van der Waals surface area contributed by atoms with Gasteiger partial charge in [0.05, 0.1) is 5.56 Å². The van der Waals surface area contributed by atoms with Crippen molar-refractivity contribution in [2.24, 2.45) is 0 Å². The summed E-state index contributed by atoms with van der Waals surface area (Å²) < 4.78 is 42.1. The van der Waals surface area contributed by atoms with Gasteiger partial charge in [-0.15, -0.1) is 0 Å². The summed E-state index contributed by atoms with van der Waals surface area (Å²) in [6.07, 6.45) is 9.81. The molecule has 2 aromatic carbocycles. The molecule has 2 saturated carbocycles. The van der Waals surface area contributed by atoms with Crippen LogP contribution in [0.4, 0.5) is 0 Å². The van der Waals surface area contributed by atoms with Crippen LogP contribution in [0, 0.1) is 0 Å². The van der Waals surface area contributed by atoms with Crippen molar-refractivity contribution >= 4 is 16.1 Å². The number of rotatable bonds is 5. The zero-order valence-corrected chi connectivity index (χ0v) is 25.4. The van der Waals surface area contributed by atoms with Crippen LogP contribution >= 0.6 is 0 Å². The Kier molecular flexibility index (Phi) is 8.68. The molecule has 2 fully saturated rings. The van der Waals surface area contributed by atoms with Gasteiger partial charge in [-0.1, -0.05) is 86.1 Å². The average Bonchev–Trinajstić information content (AvgIpc) is 2.87. The number of ether oxygens (including phenoxy) is 1. The van der Waals surface area contributed by atoms with Gasteiger partial charge in [0.2, 0.25) is 0 Å². The van der Waals surface area contributed by atoms with Crippen molar-refractivity contribution < 1.29 is 22.5 Å². The minimum Gasteiger partial charge on any atom is -0.423 e. The van der Waals surface area contributed by atoms with Crippen molar-refractivity contribution in [1.29, 1.82) is 0 Å². The van der Waals surface area contributed by atoms with E-state index in [2.05, 4.69) is 47.6 Å². The normalized spacial score (nSPS) is 18.2. The van der Waals surface area contributed by atoms with Crippen LogP contribution in [0.25, 0.3) is 0 Å². The Labute approximate surface area is 235 Å². The fraction of sp³-hybridized carbons (Fsp3) is 0.606. The molecule has 0 bridgehead atoms. The van der Waals surface area contributed by atoms with Crippen LogP contribution < -0.4 is 4.74 Å². The molecule has 4 rings (SSSR count). The minimum absolute atomic E-state index is 0.0216. The van der Waals surface area contributed by atoms with Crippen molar-refractivity contribution in [3.8, 4) is 5.75 Å². The second-order valence-corrected chi connectivity index (χ2v) is 15.1. The maximum absolute atomic E-state index is 13.6. The Balaban J connectivity index is 1.82. The molecule has 0 radical (unpaired) electrons. The van der Waals surface area contributed by atoms with Crippen LogP contribution in [0.15, 0.2) is 35.2 Å². The third kappa shape index (κ3) is 7.13. The molecule has 214 valence electrons. The first-order chi connectivity index (χ1) is 18.1. The van der Waals surface area contributed by atoms with Gasteiger partial charge in [0.25, 0.3) is 10.1 Å². The third-order valence-electron chi connectivity index (χ3n) is 8.58. The fourth-order valence-electron chi connectivity index (χ4n) is 6.21. The van der Waals surface area contributed by atoms with Crippen LogP contribution in [-0.4, -0.2) is 18.9 Å². The summed E-state index contributed by atoms with van der Waals surface area (Å²) in [5, 5.41) is 0. The lowest BCUT2D eigenvalue weighted by Gasteiger charge is -2.29. The summed E-state index contributed by atoms with van der Waals surface area (Å²) in [4.78, 5) is 13.7. The van der Waals surface area contributed by atoms with E-state index < -0.39 is 16.1 Å². The third-order valence-corrected chi connectivity index (χ3v) is 9.57. The number of hydrogen-bond acceptors (Lipinski definition) is 4. The number of benzene rings is 2. The summed E-state index contributed by atoms with van der Waals surface area (Å²) in [6.45, 7) is 12.8. The molecule has 2 aliphatic carbocycles. The van der Waals surface area contributed by atoms with E-state index in [-0.39, 0.29) is 27.6 Å². The van der Waals surface area contributed by atoms with Crippen molar-refractivity contribution in [3.05, 3.63) is 58.1 Å². The van der Waals surface area contributed by atoms with Crippen molar-refractivity contribution in [2.75, 3.05) is 0 Å². The van der Waals surface area contributed by atoms with Crippen LogP contribution in [0.1, 0.15) is 150 Å². The Morgan fingerprint density at radius 3 is 1.49 bits per heavy atom. The molecular weight excluding hydrogens is 508 g/mol. The highest BCUT2D eigenvalue weighted by atomic mass is 32.2. The molecule has 0 saturated heterocycles. The highest BCUT2D eigenvalue weighted by Crippen LogP contribution is 2.44. The van der Waals surface area contributed by atoms with Gasteiger partial charge in [-0.3, -0.25) is 4.55 Å². The van der Waals surface area contributed by atoms with Gasteiger partial charge < -0.3 is 4.74 Å². The molecule has 0 amide bonds. The molecule has 39 heavy (non-hydrogen) atoms. The lowest BCUT2D eigenvalue weighted by Crippen LogP contribution is -2.20. The topological polar surface area (TPSA) is 80.7 Å². The van der Waals surface area contributed by atoms with Crippen LogP contribution in [-0.2, 0) is 20.9 Å². The first-order valence-electron chi connectivity index (χ1n) is 14.7. The summed E-state index contributed by atoms with van der Waals surface area (Å²) in [7, 11) is -4.44. The molecule has 2 aliphatic rings. The van der Waals surface area contributed by atoms with Gasteiger partial charge in [-0.05, 0) is 94.9 Å². The van der Waals surface area contributed by atoms with E-state index in [9.17, 15) is 17.8 Å². The highest BCUT2D eigenvalue weighted by molar-refractivity contribution is 7.86. The molecule has 0 aliphatic heterocycles. The van der Waals surface area contributed by atoms with E-state index in [4.69, 9.17) is 4.74 Å². The predicted octanol–water partition coefficient (Wildman–Crippen LogP) is 8.84. The molecule has 1 N–H and O–H groups in total. The smallest absolute Gasteiger partial charge is 0.343 e. The van der Waals surface area contributed by atoms with Crippen LogP contribution in [0.3, 0.4) is 0 Å². The van der Waals surface area contributed by atoms with Gasteiger partial charge in [0, 0.05) is 0 Å². The van der Waals surface area contributed by atoms with Crippen LogP contribution in [0.5, 0.6) is 5.75 Å². The Morgan fingerprint density at radius 2 is 1.13 bits per heavy atom. The quantitative estimate of drug-likeness (QED) is 0.227. The second kappa shape index (κ2) is 11.4. The monoisotopic (exact) mass is 554 g/mol. The maximum atomic E-state index is 13.6. The molecule has 0 atom stereocenters. The van der Waals surface area contributed by atoms with E-state index in [0.29, 0.717) is 22.4 Å². The Bertz CT molecular complexity index is 1230. The molecule has 6 heteroatoms. The first kappa shape index (κ1) is 29.8. The van der Waals surface area contributed by atoms with Gasteiger partial charge >= 0.3 is 5.97 Å². The standard InChI is InChI=1S/C33H46O5S/c1-32(2,3)25-17-24(18-26(19-25)33(4,5)6)31(34)38-27-20-28(22-13-9-7-10-14-22)30(39(35,36)37)29(21-27)23-15-11-8-12-16-23/h17-23H,7-16H2,1-6H3,(H,35,36,37). The van der Waals surface area contributed by atoms with Gasteiger partial charge in [-0.25, -0.2) is 4.79 Å². The Morgan fingerprint density at radius 1 is 0.718 bits per heavy atom. The summed E-state index contributed by atoms with van der Waals surface area (Å²) in [5.74, 6) is -0.0378. The van der Waals surface area contributed by atoms with E-state index in [1.54, 1.807) is 12.1 Å². The van der Waals surface area contributed by atoms with Crippen molar-refractivity contribution in [3.63, 3.8) is 0 Å². The summed E-state index contributed by atoms with van der Waals surface area (Å²) >= 11 is 0. The lowest BCUT2D eigenvalue weighted by atomic mass is 9.79. The zero-order chi connectivity index (χ0) is 28.6. The highest BCUT2D eigenvalue weighted by Gasteiger charge is 2.32. The molecule has 5 nitrogen and oxygen atoms in total. The summed E-state index contributed by atoms with van der Waals surface area (Å²) in [5.41, 5.74) is 3.56. The maximum Gasteiger partial charge on any atom is 0.343 e. The van der Waals surface area contributed by atoms with Gasteiger partial charge in [0.1, 0.15) is 10.6 Å². The molecule has 0 spiro atoms. The number of hydrogen-bond donors (Lipinski definition) is 1. The first-order valence-corrected chi connectivity index (χ1v) is 16.1. The number of carbonyl (C=O) groups is 1. The molecule has 0 unspecified atom stereocenters. The average molecular weight is 555 g/mol. The minimum atomic E-state index is -4.44. The second-order valence-electron chi connectivity index (χ2n) is 13.8. The molecule has 0 heterocycles. The molecule has 0 aromatic heterocycles. The largest absolute Gasteiger partial charge is 0.423 e. The van der Waals surface area contributed by atoms with Gasteiger partial charge in [-0.2, -0.15) is 8.42 Å².